The third-order valence-electron chi connectivity index (χ3n) is 21.5. The first-order valence-corrected chi connectivity index (χ1v) is 41.8. The molecule has 111 heavy (non-hydrogen) atoms. The fourth-order valence-electron chi connectivity index (χ4n) is 16.3. The molecule has 6 heterocycles. The van der Waals surface area contributed by atoms with Crippen LogP contribution in [-0.2, 0) is 32.6 Å². The van der Waals surface area contributed by atoms with Crippen molar-refractivity contribution in [2.24, 2.45) is 0 Å². The Morgan fingerprint density at radius 1 is 0.450 bits per heavy atom. The normalized spacial score (nSPS) is 11.4. The van der Waals surface area contributed by atoms with Crippen molar-refractivity contribution in [3.63, 3.8) is 0 Å². The summed E-state index contributed by atoms with van der Waals surface area (Å²) < 4.78 is 9.73. The van der Waals surface area contributed by atoms with E-state index in [0.717, 1.165) is 137 Å². The topological polar surface area (TPSA) is 183 Å². The van der Waals surface area contributed by atoms with E-state index in [9.17, 15) is 0 Å². The van der Waals surface area contributed by atoms with E-state index in [4.69, 9.17) is 69.9 Å². The van der Waals surface area contributed by atoms with Gasteiger partial charge in [-0.15, -0.1) is 40.1 Å². The van der Waals surface area contributed by atoms with Crippen LogP contribution < -0.4 is 4.98 Å². The van der Waals surface area contributed by atoms with Gasteiger partial charge in [0.2, 0.25) is 0 Å². The summed E-state index contributed by atoms with van der Waals surface area (Å²) in [6.45, 7) is 48.9. The van der Waals surface area contributed by atoms with Crippen LogP contribution in [-0.4, -0.2) is 74.9 Å². The summed E-state index contributed by atoms with van der Waals surface area (Å²) >= 11 is 0. The Morgan fingerprint density at radius 3 is 1.21 bits per heavy atom. The van der Waals surface area contributed by atoms with Gasteiger partial charge in [-0.1, -0.05) is 206 Å². The summed E-state index contributed by atoms with van der Waals surface area (Å²) in [6.07, 6.45) is 1.89. The van der Waals surface area contributed by atoms with E-state index in [1.54, 1.807) is 36.4 Å². The maximum absolute atomic E-state index is 8.45. The number of hydrogen-bond donors (Lipinski definition) is 0. The molecule has 2 aliphatic heterocycles. The van der Waals surface area contributed by atoms with Crippen molar-refractivity contribution in [1.82, 2.24) is 54.0 Å². The maximum Gasteiger partial charge on any atom is 2.00 e. The molecule has 0 fully saturated rings. The molecule has 0 unspecified atom stereocenters. The van der Waals surface area contributed by atoms with Crippen molar-refractivity contribution in [1.29, 1.82) is 11.9 Å². The molecule has 9 aromatic carbocycles. The SMILES string of the molecule is CCCn1c(-c2ccc(C#C[Si](C(C)C)(C(C)C)C(C)C)cc2)nc2cc3c(cc21)-c1nc-3nc2[cH-]c(nc3nc(nc4[n-]c(n1)c1ccccc41)-c1ccccc1-3)c1ccccc21.N#Cc1ccccc1C#N.[2H][B].[C-]#[N+]c1cc2nc(-c3ccc(C#C[Si](C(C)C)(C(C)C)C(C)C)cc3)n(CCC)c2cc1[N+]#[C-].[U].[Zn+2]. The average Bonchev–Trinajstić information content (AvgIpc) is 1.58. The molecule has 542 valence electrons. The quantitative estimate of drug-likeness (QED) is 0.0644. The summed E-state index contributed by atoms with van der Waals surface area (Å²) in [7, 11) is 0.109. The van der Waals surface area contributed by atoms with Crippen molar-refractivity contribution in [3.8, 4) is 103 Å². The molecule has 8 bridgehead atoms. The molecule has 0 spiro atoms. The Morgan fingerprint density at radius 2 is 0.802 bits per heavy atom. The molecule has 2 aliphatic rings. The molecule has 15 nitrogen and oxygen atoms in total. The van der Waals surface area contributed by atoms with Gasteiger partial charge in [-0.2, -0.15) is 10.5 Å². The molecular weight excluding hydrogens is 1670 g/mol. The monoisotopic (exact) mass is 1760 g/mol. The number of benzene rings is 8. The molecule has 0 amide bonds. The second-order valence-corrected chi connectivity index (χ2v) is 40.8. The Bertz CT molecular complexity index is 6110. The second kappa shape index (κ2) is 35.2. The van der Waals surface area contributed by atoms with Gasteiger partial charge in [-0.3, -0.25) is 19.7 Å². The summed E-state index contributed by atoms with van der Waals surface area (Å²) in [5.41, 5.74) is 26.7. The number of imidazole rings is 2. The first kappa shape index (κ1) is 81.4. The molecule has 4 aromatic heterocycles. The summed E-state index contributed by atoms with van der Waals surface area (Å²) in [4.78, 5) is 53.4. The summed E-state index contributed by atoms with van der Waals surface area (Å²) in [5, 5.41) is 20.6. The van der Waals surface area contributed by atoms with Crippen molar-refractivity contribution in [2.75, 3.05) is 0 Å². The fraction of sp³-hybridized carbons (Fsp3) is 0.264. The minimum Gasteiger partial charge on any atom is -0.357 e. The fourth-order valence-corrected chi connectivity index (χ4v) is 26.7. The van der Waals surface area contributed by atoms with Crippen LogP contribution in [0.1, 0.15) is 132 Å². The molecule has 20 heteroatoms. The van der Waals surface area contributed by atoms with E-state index in [-0.39, 0.29) is 50.6 Å². The van der Waals surface area contributed by atoms with Crippen LogP contribution in [0.25, 0.3) is 144 Å². The Balaban J connectivity index is 0.000000232. The Kier molecular flexibility index (Phi) is 25.8. The van der Waals surface area contributed by atoms with Gasteiger partial charge in [0.1, 0.15) is 39.9 Å². The molecule has 0 saturated carbocycles. The van der Waals surface area contributed by atoms with Crippen LogP contribution in [0.3, 0.4) is 0 Å². The van der Waals surface area contributed by atoms with E-state index in [1.165, 1.54) is 0 Å². The van der Waals surface area contributed by atoms with Crippen LogP contribution in [0.5, 0.6) is 0 Å². The molecule has 0 saturated heterocycles. The number of rotatable bonds is 12. The van der Waals surface area contributed by atoms with E-state index in [1.807, 2.05) is 78.9 Å². The van der Waals surface area contributed by atoms with Gasteiger partial charge in [0.15, 0.2) is 23.0 Å². The summed E-state index contributed by atoms with van der Waals surface area (Å²) in [5.74, 6) is 11.2. The third-order valence-corrected chi connectivity index (χ3v) is 34.0. The van der Waals surface area contributed by atoms with Gasteiger partial charge in [-0.25, -0.2) is 19.9 Å². The number of hydrogen-bond acceptors (Lipinski definition) is 10. The molecule has 0 N–H and O–H groups in total. The van der Waals surface area contributed by atoms with Crippen LogP contribution in [0, 0.1) is 89.8 Å². The van der Waals surface area contributed by atoms with E-state index in [2.05, 4.69) is 220 Å². The molecule has 15 rings (SSSR count). The zero-order valence-corrected chi connectivity index (χ0v) is 74.7. The third kappa shape index (κ3) is 15.9. The standard InChI is InChI=1S/C54H47N9Si.C29H34N4Si.C8H4N2.BH.U.Zn/c1-8-26-63-47-29-43-42(28-46(47)57-54(63)35-23-21-34(22-24-35)25-27-64(31(2)3,32(4)5)33(6)7)52-56-45-30-44(36-15-9-10-16-37(36)45)55-48-38-17-11-12-18-39(38)49(58-48)59-50-40-19-13-14-20-41(40)51(60-50)61-53(43)62-52;1-10-16-33-28-19-26(31-9)25(30-8)18-27(28)32-29(33)24-13-11-23(12-14-24)15-17-34(20(2)3,21(4)5)22(6)7;9-5-7-3-1-2-4-8(7)6-10;;;/h9-24,28-33H,8,26H2,1-7H3;11-14,18-22H,10,16H2,1-7H3;1-4H;1H;;/q-2;;;;;+2/i;;;1D;;. The van der Waals surface area contributed by atoms with Crippen LogP contribution in [0.2, 0.25) is 33.2 Å². The van der Waals surface area contributed by atoms with Crippen LogP contribution in [0.4, 0.5) is 11.4 Å². The Hall–Kier alpha value is -10.6. The number of nitriles is 2. The zero-order valence-electron chi connectivity index (χ0n) is 66.5. The van der Waals surface area contributed by atoms with Gasteiger partial charge in [0, 0.05) is 108 Å². The molecule has 0 aliphatic carbocycles. The number of aryl methyl sites for hydroxylation is 2. The van der Waals surface area contributed by atoms with Crippen molar-refractivity contribution >= 4 is 102 Å². The van der Waals surface area contributed by atoms with Gasteiger partial charge < -0.3 is 24.1 Å². The smallest absolute Gasteiger partial charge is 0.357 e. The minimum atomic E-state index is -1.87. The van der Waals surface area contributed by atoms with Gasteiger partial charge in [0.25, 0.3) is 0 Å². The number of nitrogens with zero attached hydrogens (tertiary/aromatic N) is 15. The molecule has 13 aromatic rings. The van der Waals surface area contributed by atoms with Gasteiger partial charge >= 0.3 is 19.5 Å². The molecule has 2 radical (unpaired) electrons. The van der Waals surface area contributed by atoms with Crippen molar-refractivity contribution < 1.29 is 50.6 Å². The average molecular weight is 1760 g/mol. The Labute approximate surface area is 693 Å². The maximum atomic E-state index is 8.45. The summed E-state index contributed by atoms with van der Waals surface area (Å²) in [6, 6.07) is 61.8. The molecular formula is C91H86BN15Si2UZn. The zero-order chi connectivity index (χ0) is 78.3. The second-order valence-electron chi connectivity index (χ2n) is 29.6. The minimum absolute atomic E-state index is 0. The first-order valence-electron chi connectivity index (χ1n) is 37.9. The van der Waals surface area contributed by atoms with Crippen LogP contribution >= 0.6 is 0 Å². The predicted octanol–water partition coefficient (Wildman–Crippen LogP) is 22.4. The number of fused-ring (bicyclic) bond motifs is 22. The van der Waals surface area contributed by atoms with Crippen LogP contribution in [0.15, 0.2) is 176 Å². The van der Waals surface area contributed by atoms with E-state index >= 15 is 0 Å². The van der Waals surface area contributed by atoms with Gasteiger partial charge in [0.05, 0.1) is 58.0 Å². The largest absolute Gasteiger partial charge is 2.00 e. The van der Waals surface area contributed by atoms with Crippen molar-refractivity contribution in [2.45, 2.75) is 156 Å². The van der Waals surface area contributed by atoms with Crippen molar-refractivity contribution in [3.05, 3.63) is 221 Å². The van der Waals surface area contributed by atoms with E-state index in [0.29, 0.717) is 90.3 Å². The molecule has 0 atom stereocenters. The predicted molar refractivity (Wildman–Crippen MR) is 452 cm³/mol. The first-order chi connectivity index (χ1) is 53.2. The van der Waals surface area contributed by atoms with E-state index < -0.39 is 16.1 Å². The van der Waals surface area contributed by atoms with Gasteiger partial charge in [-0.05, 0) is 130 Å². The number of aromatic nitrogens is 11.